The van der Waals surface area contributed by atoms with Crippen LogP contribution in [0.25, 0.3) is 17.0 Å². The molecule has 3 heterocycles. The number of aryl methyl sites for hydroxylation is 1. The molecule has 0 unspecified atom stereocenters. The maximum Gasteiger partial charge on any atom is 0.269 e. The van der Waals surface area contributed by atoms with Gasteiger partial charge in [0.15, 0.2) is 0 Å². The van der Waals surface area contributed by atoms with E-state index in [1.807, 2.05) is 0 Å². The molecule has 7 heteroatoms. The van der Waals surface area contributed by atoms with Gasteiger partial charge in [-0.15, -0.1) is 10.2 Å². The molecular formula is C10H8N6O. The second-order valence-corrected chi connectivity index (χ2v) is 3.53. The summed E-state index contributed by atoms with van der Waals surface area (Å²) < 4.78 is 8.95. The first kappa shape index (κ1) is 8.57. The molecule has 0 saturated carbocycles. The van der Waals surface area contributed by atoms with Crippen molar-refractivity contribution in [2.75, 3.05) is 0 Å². The fourth-order valence-corrected chi connectivity index (χ4v) is 1.61. The zero-order chi connectivity index (χ0) is 12.7. The zero-order valence-electron chi connectivity index (χ0n) is 9.88. The van der Waals surface area contributed by atoms with Gasteiger partial charge < -0.3 is 0 Å². The van der Waals surface area contributed by atoms with E-state index in [0.717, 1.165) is 5.56 Å². The number of hydrogen-bond donors (Lipinski definition) is 1. The highest BCUT2D eigenvalue weighted by Gasteiger charge is 2.11. The normalized spacial score (nSPS) is 11.7. The molecule has 84 valence electrons. The van der Waals surface area contributed by atoms with Gasteiger partial charge in [0.2, 0.25) is 5.82 Å². The van der Waals surface area contributed by atoms with E-state index in [2.05, 4.69) is 25.6 Å². The molecule has 0 saturated heterocycles. The van der Waals surface area contributed by atoms with Crippen molar-refractivity contribution in [3.63, 3.8) is 0 Å². The molecule has 0 atom stereocenters. The molecule has 1 N–H and O–H groups in total. The number of fused-ring (bicyclic) bond motifs is 1. The summed E-state index contributed by atoms with van der Waals surface area (Å²) >= 11 is 0. The van der Waals surface area contributed by atoms with Crippen LogP contribution in [0.2, 0.25) is 0 Å². The number of H-pyrrole nitrogens is 1. The van der Waals surface area contributed by atoms with Crippen LogP contribution in [0.3, 0.4) is 0 Å². The van der Waals surface area contributed by atoms with Gasteiger partial charge in [-0.3, -0.25) is 9.20 Å². The molecule has 3 aromatic heterocycles. The molecular weight excluding hydrogens is 220 g/mol. The van der Waals surface area contributed by atoms with Gasteiger partial charge in [0.05, 0.1) is 1.37 Å². The standard InChI is InChI=1S/C10H8N6O/c1-6-3-2-4-16-9(6)11-5-7(10(16)17)8-12-14-15-13-8/h2-5H,1H3,(H,12,13,14,15)/i2D. The highest BCUT2D eigenvalue weighted by Crippen LogP contribution is 2.09. The third-order valence-electron chi connectivity index (χ3n) is 2.44. The number of aromatic amines is 1. The third-order valence-corrected chi connectivity index (χ3v) is 2.44. The SMILES string of the molecule is [2H]c1cc(C)c2ncc(-c3nn[nH]n3)c(=O)n2c1. The van der Waals surface area contributed by atoms with Crippen LogP contribution < -0.4 is 5.56 Å². The highest BCUT2D eigenvalue weighted by molar-refractivity contribution is 5.55. The van der Waals surface area contributed by atoms with E-state index in [1.54, 1.807) is 13.0 Å². The summed E-state index contributed by atoms with van der Waals surface area (Å²) in [5, 5.41) is 13.2. The molecule has 0 aliphatic rings. The smallest absolute Gasteiger partial charge is 0.268 e. The molecule has 0 aromatic carbocycles. The largest absolute Gasteiger partial charge is 0.269 e. The summed E-state index contributed by atoms with van der Waals surface area (Å²) in [6.07, 6.45) is 2.83. The Morgan fingerprint density at radius 1 is 1.53 bits per heavy atom. The highest BCUT2D eigenvalue weighted by atomic mass is 16.1. The minimum Gasteiger partial charge on any atom is -0.268 e. The Labute approximate surface area is 96.5 Å². The van der Waals surface area contributed by atoms with Crippen molar-refractivity contribution in [3.05, 3.63) is 40.4 Å². The average molecular weight is 229 g/mol. The predicted octanol–water partition coefficient (Wildman–Crippen LogP) is 0.183. The molecule has 3 aromatic rings. The summed E-state index contributed by atoms with van der Waals surface area (Å²) in [7, 11) is 0. The van der Waals surface area contributed by atoms with E-state index in [0.29, 0.717) is 5.65 Å². The Morgan fingerprint density at radius 3 is 3.18 bits per heavy atom. The van der Waals surface area contributed by atoms with E-state index < -0.39 is 0 Å². The van der Waals surface area contributed by atoms with Gasteiger partial charge in [-0.05, 0) is 23.7 Å². The van der Waals surface area contributed by atoms with Crippen molar-refractivity contribution < 1.29 is 1.37 Å². The van der Waals surface area contributed by atoms with Crippen LogP contribution in [0.1, 0.15) is 6.93 Å². The summed E-state index contributed by atoms with van der Waals surface area (Å²) in [5.41, 5.74) is 1.20. The predicted molar refractivity (Wildman–Crippen MR) is 59.4 cm³/mol. The lowest BCUT2D eigenvalue weighted by Crippen LogP contribution is -2.17. The molecule has 0 radical (unpaired) electrons. The number of aromatic nitrogens is 6. The van der Waals surface area contributed by atoms with Crippen molar-refractivity contribution in [2.24, 2.45) is 0 Å². The fraction of sp³-hybridized carbons (Fsp3) is 0.100. The average Bonchev–Trinajstić information content (AvgIpc) is 2.84. The zero-order valence-corrected chi connectivity index (χ0v) is 8.88. The first-order valence-corrected chi connectivity index (χ1v) is 4.89. The maximum absolute atomic E-state index is 12.2. The van der Waals surface area contributed by atoms with E-state index in [-0.39, 0.29) is 23.0 Å². The van der Waals surface area contributed by atoms with Gasteiger partial charge in [0, 0.05) is 12.4 Å². The van der Waals surface area contributed by atoms with Crippen LogP contribution in [-0.2, 0) is 0 Å². The quantitative estimate of drug-likeness (QED) is 0.643. The van der Waals surface area contributed by atoms with Crippen LogP contribution in [0.5, 0.6) is 0 Å². The number of tetrazole rings is 1. The molecule has 7 nitrogen and oxygen atoms in total. The Balaban J connectivity index is 2.40. The number of rotatable bonds is 1. The van der Waals surface area contributed by atoms with Crippen LogP contribution in [0.15, 0.2) is 29.3 Å². The Morgan fingerprint density at radius 2 is 2.41 bits per heavy atom. The van der Waals surface area contributed by atoms with E-state index in [4.69, 9.17) is 1.37 Å². The van der Waals surface area contributed by atoms with Crippen LogP contribution in [-0.4, -0.2) is 30.0 Å². The molecule has 0 spiro atoms. The van der Waals surface area contributed by atoms with Crippen LogP contribution in [0.4, 0.5) is 0 Å². The molecule has 0 aliphatic heterocycles. The molecule has 0 aliphatic carbocycles. The Bertz CT molecular complexity index is 779. The number of nitrogens with zero attached hydrogens (tertiary/aromatic N) is 5. The van der Waals surface area contributed by atoms with Crippen molar-refractivity contribution >= 4 is 5.65 Å². The third kappa shape index (κ3) is 1.40. The van der Waals surface area contributed by atoms with Crippen LogP contribution in [0, 0.1) is 6.92 Å². The maximum atomic E-state index is 12.2. The van der Waals surface area contributed by atoms with Crippen molar-refractivity contribution in [2.45, 2.75) is 6.92 Å². The van der Waals surface area contributed by atoms with E-state index in [1.165, 1.54) is 16.8 Å². The summed E-state index contributed by atoms with van der Waals surface area (Å²) in [6.45, 7) is 1.80. The van der Waals surface area contributed by atoms with Gasteiger partial charge in [-0.2, -0.15) is 5.21 Å². The molecule has 17 heavy (non-hydrogen) atoms. The molecule has 0 bridgehead atoms. The van der Waals surface area contributed by atoms with E-state index >= 15 is 0 Å². The van der Waals surface area contributed by atoms with Crippen molar-refractivity contribution in [1.82, 2.24) is 30.0 Å². The second kappa shape index (κ2) is 3.48. The molecule has 0 amide bonds. The second-order valence-electron chi connectivity index (χ2n) is 3.53. The molecule has 3 rings (SSSR count). The Hall–Kier alpha value is -2.57. The lowest BCUT2D eigenvalue weighted by atomic mass is 10.2. The van der Waals surface area contributed by atoms with Gasteiger partial charge in [0.25, 0.3) is 5.56 Å². The molecule has 0 fully saturated rings. The summed E-state index contributed by atoms with van der Waals surface area (Å²) in [4.78, 5) is 16.4. The van der Waals surface area contributed by atoms with Gasteiger partial charge >= 0.3 is 0 Å². The lowest BCUT2D eigenvalue weighted by Gasteiger charge is -2.03. The first-order valence-electron chi connectivity index (χ1n) is 5.39. The topological polar surface area (TPSA) is 88.8 Å². The first-order chi connectivity index (χ1) is 8.66. The minimum absolute atomic E-state index is 0.190. The van der Waals surface area contributed by atoms with Gasteiger partial charge in [0.1, 0.15) is 11.2 Å². The van der Waals surface area contributed by atoms with Gasteiger partial charge in [-0.25, -0.2) is 4.98 Å². The number of nitrogens with one attached hydrogen (secondary N) is 1. The van der Waals surface area contributed by atoms with E-state index in [9.17, 15) is 4.79 Å². The minimum atomic E-state index is -0.321. The Kier molecular flexibility index (Phi) is 1.75. The monoisotopic (exact) mass is 229 g/mol. The summed E-state index contributed by atoms with van der Waals surface area (Å²) in [6, 6.07) is 1.89. The number of pyridine rings is 1. The van der Waals surface area contributed by atoms with Crippen LogP contribution >= 0.6 is 0 Å². The van der Waals surface area contributed by atoms with Crippen molar-refractivity contribution in [1.29, 1.82) is 0 Å². The van der Waals surface area contributed by atoms with Gasteiger partial charge in [-0.1, -0.05) is 6.07 Å². The van der Waals surface area contributed by atoms with Crippen molar-refractivity contribution in [3.8, 4) is 11.4 Å². The summed E-state index contributed by atoms with van der Waals surface area (Å²) in [5.74, 6) is 0.190. The fourth-order valence-electron chi connectivity index (χ4n) is 1.61. The number of hydrogen-bond acceptors (Lipinski definition) is 5. The lowest BCUT2D eigenvalue weighted by molar-refractivity contribution is 0.881.